The summed E-state index contributed by atoms with van der Waals surface area (Å²) in [6.07, 6.45) is 0. The van der Waals surface area contributed by atoms with Crippen molar-refractivity contribution < 1.29 is 19.6 Å². The highest BCUT2D eigenvalue weighted by molar-refractivity contribution is 7.22. The number of esters is 1. The quantitative estimate of drug-likeness (QED) is 0.513. The predicted molar refractivity (Wildman–Crippen MR) is 66.9 cm³/mol. The highest BCUT2D eigenvalue weighted by atomic mass is 32.1. The first-order valence-electron chi connectivity index (χ1n) is 5.15. The fraction of sp³-hybridized carbons (Fsp3) is 0.500. The van der Waals surface area contributed by atoms with Crippen LogP contribution in [-0.4, -0.2) is 28.7 Å². The number of nitrogens with two attached hydrogens (primary N) is 1. The second-order valence-corrected chi connectivity index (χ2v) is 5.77. The smallest absolute Gasteiger partial charge is 0.459 e. The normalized spacial score (nSPS) is 13.3. The third-order valence-corrected chi connectivity index (χ3v) is 3.08. The average molecular weight is 257 g/mol. The van der Waals surface area contributed by atoms with Gasteiger partial charge in [0.15, 0.2) is 0 Å². The van der Waals surface area contributed by atoms with E-state index in [1.54, 1.807) is 26.8 Å². The minimum Gasteiger partial charge on any atom is -0.459 e. The highest BCUT2D eigenvalue weighted by Crippen LogP contribution is 2.19. The Morgan fingerprint density at radius 1 is 1.47 bits per heavy atom. The van der Waals surface area contributed by atoms with Crippen molar-refractivity contribution in [3.8, 4) is 0 Å². The molecule has 1 aromatic rings. The maximum Gasteiger partial charge on any atom is 0.499 e. The Morgan fingerprint density at radius 3 is 2.47 bits per heavy atom. The van der Waals surface area contributed by atoms with Gasteiger partial charge in [-0.05, 0) is 26.8 Å². The zero-order valence-corrected chi connectivity index (χ0v) is 10.8. The lowest BCUT2D eigenvalue weighted by Gasteiger charge is -2.21. The summed E-state index contributed by atoms with van der Waals surface area (Å²) in [7, 11) is -1.54. The summed E-state index contributed by atoms with van der Waals surface area (Å²) in [4.78, 5) is 12.2. The molecule has 1 rings (SSSR count). The Kier molecular flexibility index (Phi) is 4.32. The van der Waals surface area contributed by atoms with E-state index < -0.39 is 24.7 Å². The van der Waals surface area contributed by atoms with Crippen LogP contribution in [0.4, 0.5) is 0 Å². The van der Waals surface area contributed by atoms with Crippen LogP contribution >= 0.6 is 11.3 Å². The van der Waals surface area contributed by atoms with Gasteiger partial charge in [0, 0.05) is 9.65 Å². The molecule has 0 aliphatic rings. The molecule has 4 N–H and O–H groups in total. The summed E-state index contributed by atoms with van der Waals surface area (Å²) < 4.78 is 5.49. The highest BCUT2D eigenvalue weighted by Gasteiger charge is 2.25. The largest absolute Gasteiger partial charge is 0.499 e. The lowest BCUT2D eigenvalue weighted by molar-refractivity contribution is -0.156. The van der Waals surface area contributed by atoms with E-state index in [1.807, 2.05) is 0 Å². The minimum absolute atomic E-state index is 0.346. The zero-order chi connectivity index (χ0) is 13.2. The molecule has 0 spiro atoms. The number of rotatable bonds is 3. The van der Waals surface area contributed by atoms with E-state index in [9.17, 15) is 4.79 Å². The Hall–Kier alpha value is -0.885. The molecule has 1 atom stereocenters. The van der Waals surface area contributed by atoms with Crippen molar-refractivity contribution in [2.45, 2.75) is 32.4 Å². The summed E-state index contributed by atoms with van der Waals surface area (Å²) in [5, 5.41) is 17.9. The van der Waals surface area contributed by atoms with Gasteiger partial charge in [0.25, 0.3) is 0 Å². The molecule has 17 heavy (non-hydrogen) atoms. The van der Waals surface area contributed by atoms with Crippen LogP contribution in [0.15, 0.2) is 12.1 Å². The fourth-order valence-corrected chi connectivity index (χ4v) is 2.03. The lowest BCUT2D eigenvalue weighted by atomic mass is 9.90. The molecule has 0 aliphatic carbocycles. The first-order valence-corrected chi connectivity index (χ1v) is 5.96. The second kappa shape index (κ2) is 5.18. The predicted octanol–water partition coefficient (Wildman–Crippen LogP) is -0.231. The van der Waals surface area contributed by atoms with Gasteiger partial charge in [-0.3, -0.25) is 0 Å². The molecule has 1 heterocycles. The summed E-state index contributed by atoms with van der Waals surface area (Å²) in [5.74, 6) is -0.529. The maximum atomic E-state index is 11.7. The third kappa shape index (κ3) is 4.12. The number of hydrogen-bond acceptors (Lipinski definition) is 6. The van der Waals surface area contributed by atoms with Crippen LogP contribution in [0.1, 0.15) is 31.7 Å². The first-order chi connectivity index (χ1) is 7.70. The molecular weight excluding hydrogens is 241 g/mol. The van der Waals surface area contributed by atoms with E-state index >= 15 is 0 Å². The molecule has 0 saturated carbocycles. The number of hydrogen-bond donors (Lipinski definition) is 3. The van der Waals surface area contributed by atoms with E-state index in [4.69, 9.17) is 20.5 Å². The van der Waals surface area contributed by atoms with Crippen molar-refractivity contribution in [3.05, 3.63) is 17.0 Å². The molecule has 94 valence electrons. The van der Waals surface area contributed by atoms with Gasteiger partial charge >= 0.3 is 13.1 Å². The topological polar surface area (TPSA) is 92.8 Å². The van der Waals surface area contributed by atoms with E-state index in [1.165, 1.54) is 6.07 Å². The van der Waals surface area contributed by atoms with Crippen molar-refractivity contribution >= 4 is 29.2 Å². The molecular formula is C10H16BNO4S. The standard InChI is InChI=1S/C10H16BNO4S/c1-10(2,3)16-9(13)8(12)6-4-5-7(17-6)11(14)15/h4-5,8,14-15H,12H2,1-3H3/t8-/m1/s1. The summed E-state index contributed by atoms with van der Waals surface area (Å²) in [5.41, 5.74) is 5.14. The monoisotopic (exact) mass is 257 g/mol. The van der Waals surface area contributed by atoms with E-state index in [0.29, 0.717) is 9.65 Å². The average Bonchev–Trinajstić information content (AvgIpc) is 2.62. The van der Waals surface area contributed by atoms with Gasteiger partial charge in [-0.2, -0.15) is 0 Å². The van der Waals surface area contributed by atoms with E-state index in [0.717, 1.165) is 11.3 Å². The number of carbonyl (C=O) groups is 1. The second-order valence-electron chi connectivity index (χ2n) is 4.62. The van der Waals surface area contributed by atoms with E-state index in [-0.39, 0.29) is 0 Å². The third-order valence-electron chi connectivity index (χ3n) is 1.87. The molecule has 1 aromatic heterocycles. The molecule has 0 unspecified atom stereocenters. The van der Waals surface area contributed by atoms with Crippen molar-refractivity contribution in [3.63, 3.8) is 0 Å². The van der Waals surface area contributed by atoms with Gasteiger partial charge in [0.2, 0.25) is 0 Å². The van der Waals surface area contributed by atoms with Crippen LogP contribution in [0.25, 0.3) is 0 Å². The SMILES string of the molecule is CC(C)(C)OC(=O)[C@H](N)c1ccc(B(O)O)s1. The zero-order valence-electron chi connectivity index (χ0n) is 10.0. The molecule has 7 heteroatoms. The fourth-order valence-electron chi connectivity index (χ4n) is 1.16. The molecule has 0 aromatic carbocycles. The molecule has 0 radical (unpaired) electrons. The van der Waals surface area contributed by atoms with Gasteiger partial charge in [-0.25, -0.2) is 4.79 Å². The van der Waals surface area contributed by atoms with Crippen LogP contribution in [-0.2, 0) is 9.53 Å². The molecule has 0 saturated heterocycles. The Morgan fingerprint density at radius 2 is 2.06 bits per heavy atom. The molecule has 0 fully saturated rings. The van der Waals surface area contributed by atoms with Gasteiger partial charge < -0.3 is 20.5 Å². The number of thiophene rings is 1. The van der Waals surface area contributed by atoms with Crippen molar-refractivity contribution in [2.75, 3.05) is 0 Å². The van der Waals surface area contributed by atoms with Crippen LogP contribution in [0, 0.1) is 0 Å². The summed E-state index contributed by atoms with van der Waals surface area (Å²) in [6.45, 7) is 5.28. The first kappa shape index (κ1) is 14.2. The number of carbonyl (C=O) groups excluding carboxylic acids is 1. The van der Waals surface area contributed by atoms with Crippen LogP contribution < -0.4 is 10.5 Å². The van der Waals surface area contributed by atoms with Crippen LogP contribution in [0.2, 0.25) is 0 Å². The van der Waals surface area contributed by atoms with Crippen molar-refractivity contribution in [1.82, 2.24) is 0 Å². The van der Waals surface area contributed by atoms with Gasteiger partial charge in [0.05, 0.1) is 0 Å². The Bertz CT molecular complexity index is 399. The molecule has 0 amide bonds. The van der Waals surface area contributed by atoms with Crippen LogP contribution in [0.3, 0.4) is 0 Å². The lowest BCUT2D eigenvalue weighted by Crippen LogP contribution is -2.31. The van der Waals surface area contributed by atoms with Gasteiger partial charge in [-0.1, -0.05) is 6.07 Å². The maximum absolute atomic E-state index is 11.7. The van der Waals surface area contributed by atoms with Gasteiger partial charge in [-0.15, -0.1) is 11.3 Å². The summed E-state index contributed by atoms with van der Waals surface area (Å²) >= 11 is 1.08. The van der Waals surface area contributed by atoms with Crippen molar-refractivity contribution in [2.24, 2.45) is 5.73 Å². The van der Waals surface area contributed by atoms with Gasteiger partial charge in [0.1, 0.15) is 11.6 Å². The Balaban J connectivity index is 2.75. The van der Waals surface area contributed by atoms with Crippen LogP contribution in [0.5, 0.6) is 0 Å². The number of ether oxygens (including phenoxy) is 1. The minimum atomic E-state index is -1.54. The molecule has 5 nitrogen and oxygen atoms in total. The molecule has 0 aliphatic heterocycles. The Labute approximate surface area is 104 Å². The molecule has 0 bridgehead atoms. The van der Waals surface area contributed by atoms with Crippen molar-refractivity contribution in [1.29, 1.82) is 0 Å². The van der Waals surface area contributed by atoms with E-state index in [2.05, 4.69) is 0 Å². The summed E-state index contributed by atoms with van der Waals surface area (Å²) in [6, 6.07) is 2.22.